The molecule has 110 valence electrons. The molecule has 1 aromatic carbocycles. The average molecular weight is 292 g/mol. The first-order valence-electron chi connectivity index (χ1n) is 6.96. The van der Waals surface area contributed by atoms with Crippen LogP contribution < -0.4 is 0 Å². The van der Waals surface area contributed by atoms with Gasteiger partial charge in [0.15, 0.2) is 0 Å². The molecule has 0 radical (unpaired) electrons. The third kappa shape index (κ3) is 5.71. The van der Waals surface area contributed by atoms with E-state index in [1.807, 2.05) is 6.07 Å². The van der Waals surface area contributed by atoms with E-state index in [1.54, 1.807) is 6.92 Å². The van der Waals surface area contributed by atoms with Gasteiger partial charge in [-0.05, 0) is 44.2 Å². The third-order valence-corrected chi connectivity index (χ3v) is 4.00. The summed E-state index contributed by atoms with van der Waals surface area (Å²) < 4.78 is 10.6. The number of esters is 1. The molecule has 1 unspecified atom stereocenters. The van der Waals surface area contributed by atoms with Crippen LogP contribution in [0.25, 0.3) is 0 Å². The molecular weight excluding hydrogens is 268 g/mol. The van der Waals surface area contributed by atoms with E-state index >= 15 is 0 Å². The van der Waals surface area contributed by atoms with Crippen LogP contribution in [0.1, 0.15) is 31.4 Å². The Labute approximate surface area is 124 Å². The molecule has 1 atom stereocenters. The normalized spacial score (nSPS) is 12.1. The van der Waals surface area contributed by atoms with Crippen LogP contribution in [0.3, 0.4) is 0 Å². The Hall–Kier alpha value is -1.39. The molecule has 20 heavy (non-hydrogen) atoms. The van der Waals surface area contributed by atoms with Gasteiger partial charge in [-0.25, -0.2) is 4.79 Å². The second-order valence-corrected chi connectivity index (χ2v) is 5.51. The van der Waals surface area contributed by atoms with Crippen molar-refractivity contribution in [2.24, 2.45) is 0 Å². The molecule has 1 aromatic rings. The second-order valence-electron chi connectivity index (χ2n) is 5.04. The SMILES string of the molecule is C=C(C)C(=O)OCCCc1ccccc1CC(C)O[SiH3]. The second kappa shape index (κ2) is 8.71. The zero-order valence-electron chi connectivity index (χ0n) is 12.6. The van der Waals surface area contributed by atoms with Gasteiger partial charge in [0, 0.05) is 11.7 Å². The van der Waals surface area contributed by atoms with Gasteiger partial charge in [0.1, 0.15) is 10.5 Å². The van der Waals surface area contributed by atoms with E-state index in [0.29, 0.717) is 12.2 Å². The molecule has 0 fully saturated rings. The van der Waals surface area contributed by atoms with Gasteiger partial charge in [-0.1, -0.05) is 30.8 Å². The smallest absolute Gasteiger partial charge is 0.333 e. The Morgan fingerprint density at radius 1 is 1.35 bits per heavy atom. The lowest BCUT2D eigenvalue weighted by molar-refractivity contribution is -0.139. The van der Waals surface area contributed by atoms with Gasteiger partial charge in [0.05, 0.1) is 6.61 Å². The van der Waals surface area contributed by atoms with Gasteiger partial charge >= 0.3 is 5.97 Å². The Bertz CT molecular complexity index is 457. The minimum absolute atomic E-state index is 0.268. The van der Waals surface area contributed by atoms with E-state index < -0.39 is 0 Å². The maximum Gasteiger partial charge on any atom is 0.333 e. The van der Waals surface area contributed by atoms with Crippen molar-refractivity contribution in [2.75, 3.05) is 6.61 Å². The average Bonchev–Trinajstić information content (AvgIpc) is 2.44. The summed E-state index contributed by atoms with van der Waals surface area (Å²) in [7, 11) is 0.765. The topological polar surface area (TPSA) is 35.5 Å². The Balaban J connectivity index is 2.47. The lowest BCUT2D eigenvalue weighted by Crippen LogP contribution is -2.11. The van der Waals surface area contributed by atoms with Gasteiger partial charge in [-0.15, -0.1) is 0 Å². The van der Waals surface area contributed by atoms with Crippen molar-refractivity contribution in [1.82, 2.24) is 0 Å². The molecule has 0 saturated heterocycles. The number of benzene rings is 1. The highest BCUT2D eigenvalue weighted by molar-refractivity contribution is 5.98. The molecule has 0 aromatic heterocycles. The number of carbonyl (C=O) groups excluding carboxylic acids is 1. The van der Waals surface area contributed by atoms with Crippen LogP contribution in [0.5, 0.6) is 0 Å². The van der Waals surface area contributed by atoms with Gasteiger partial charge in [-0.2, -0.15) is 0 Å². The first kappa shape index (κ1) is 16.7. The van der Waals surface area contributed by atoms with E-state index in [-0.39, 0.29) is 12.1 Å². The molecule has 0 aliphatic rings. The summed E-state index contributed by atoms with van der Waals surface area (Å²) in [5, 5.41) is 0. The molecule has 0 aliphatic heterocycles. The largest absolute Gasteiger partial charge is 0.462 e. The van der Waals surface area contributed by atoms with Crippen LogP contribution in [-0.2, 0) is 26.8 Å². The molecule has 0 bridgehead atoms. The van der Waals surface area contributed by atoms with Crippen molar-refractivity contribution in [3.8, 4) is 0 Å². The maximum absolute atomic E-state index is 11.3. The number of aryl methyl sites for hydroxylation is 1. The zero-order chi connectivity index (χ0) is 15.0. The highest BCUT2D eigenvalue weighted by Gasteiger charge is 2.07. The van der Waals surface area contributed by atoms with E-state index in [0.717, 1.165) is 29.7 Å². The summed E-state index contributed by atoms with van der Waals surface area (Å²) in [6, 6.07) is 8.38. The summed E-state index contributed by atoms with van der Waals surface area (Å²) >= 11 is 0. The van der Waals surface area contributed by atoms with Crippen molar-refractivity contribution in [1.29, 1.82) is 0 Å². The van der Waals surface area contributed by atoms with Crippen LogP contribution in [0.4, 0.5) is 0 Å². The van der Waals surface area contributed by atoms with Crippen molar-refractivity contribution in [2.45, 2.75) is 39.2 Å². The fourth-order valence-corrected chi connectivity index (χ4v) is 2.11. The van der Waals surface area contributed by atoms with Crippen molar-refractivity contribution < 1.29 is 14.0 Å². The monoisotopic (exact) mass is 292 g/mol. The summed E-state index contributed by atoms with van der Waals surface area (Å²) in [4.78, 5) is 11.3. The summed E-state index contributed by atoms with van der Waals surface area (Å²) in [6.07, 6.45) is 2.94. The quantitative estimate of drug-likeness (QED) is 0.318. The minimum atomic E-state index is -0.309. The molecule has 0 N–H and O–H groups in total. The highest BCUT2D eigenvalue weighted by Crippen LogP contribution is 2.14. The lowest BCUT2D eigenvalue weighted by atomic mass is 9.99. The zero-order valence-corrected chi connectivity index (χ0v) is 14.6. The standard InChI is InChI=1S/C16H24O3Si/c1-12(2)16(17)18-10-6-9-14-7-4-5-8-15(14)11-13(3)19-20/h4-5,7-8,13H,1,6,9-11H2,2-3,20H3. The predicted octanol–water partition coefficient (Wildman–Crippen LogP) is 1.97. The number of carbonyl (C=O) groups is 1. The fourth-order valence-electron chi connectivity index (χ4n) is 1.94. The van der Waals surface area contributed by atoms with Gasteiger partial charge in [0.2, 0.25) is 0 Å². The van der Waals surface area contributed by atoms with E-state index in [9.17, 15) is 4.79 Å². The van der Waals surface area contributed by atoms with Gasteiger partial charge in [0.25, 0.3) is 0 Å². The van der Waals surface area contributed by atoms with Crippen LogP contribution in [-0.4, -0.2) is 29.2 Å². The molecule has 3 nitrogen and oxygen atoms in total. The van der Waals surface area contributed by atoms with Crippen LogP contribution in [0.15, 0.2) is 36.4 Å². The fraction of sp³-hybridized carbons (Fsp3) is 0.438. The maximum atomic E-state index is 11.3. The number of rotatable bonds is 8. The van der Waals surface area contributed by atoms with Crippen LogP contribution in [0.2, 0.25) is 0 Å². The molecule has 0 spiro atoms. The first-order valence-corrected chi connectivity index (χ1v) is 7.78. The number of hydrogen-bond donors (Lipinski definition) is 0. The summed E-state index contributed by atoms with van der Waals surface area (Å²) in [5.41, 5.74) is 3.08. The van der Waals surface area contributed by atoms with Crippen molar-refractivity contribution in [3.63, 3.8) is 0 Å². The number of hydrogen-bond acceptors (Lipinski definition) is 3. The van der Waals surface area contributed by atoms with Crippen LogP contribution in [0, 0.1) is 0 Å². The molecular formula is C16H24O3Si. The predicted molar refractivity (Wildman–Crippen MR) is 84.7 cm³/mol. The highest BCUT2D eigenvalue weighted by atomic mass is 28.2. The molecule has 4 heteroatoms. The molecule has 1 rings (SSSR count). The van der Waals surface area contributed by atoms with Gasteiger partial charge < -0.3 is 9.16 Å². The Morgan fingerprint density at radius 3 is 2.60 bits per heavy atom. The lowest BCUT2D eigenvalue weighted by Gasteiger charge is -2.14. The minimum Gasteiger partial charge on any atom is -0.462 e. The van der Waals surface area contributed by atoms with E-state index in [1.165, 1.54) is 11.1 Å². The third-order valence-electron chi connectivity index (χ3n) is 3.20. The van der Waals surface area contributed by atoms with E-state index in [2.05, 4.69) is 31.7 Å². The molecule has 0 aliphatic carbocycles. The molecule has 0 saturated carbocycles. The molecule has 0 heterocycles. The summed E-state index contributed by atoms with van der Waals surface area (Å²) in [6.45, 7) is 7.76. The summed E-state index contributed by atoms with van der Waals surface area (Å²) in [5.74, 6) is -0.309. The van der Waals surface area contributed by atoms with E-state index in [4.69, 9.17) is 9.16 Å². The van der Waals surface area contributed by atoms with Gasteiger partial charge in [-0.3, -0.25) is 0 Å². The van der Waals surface area contributed by atoms with Crippen LogP contribution >= 0.6 is 0 Å². The Morgan fingerprint density at radius 2 is 2.00 bits per heavy atom. The van der Waals surface area contributed by atoms with Crippen molar-refractivity contribution in [3.05, 3.63) is 47.5 Å². The Kier molecular flexibility index (Phi) is 7.26. The molecule has 0 amide bonds. The first-order chi connectivity index (χ1) is 9.54. The van der Waals surface area contributed by atoms with Crippen molar-refractivity contribution >= 4 is 16.5 Å². The number of ether oxygens (including phenoxy) is 1.